The van der Waals surface area contributed by atoms with Gasteiger partial charge in [-0.05, 0) is 47.9 Å². The fourth-order valence-electron chi connectivity index (χ4n) is 3.67. The number of carbonyl (C=O) groups is 2. The van der Waals surface area contributed by atoms with Gasteiger partial charge in [-0.15, -0.1) is 0 Å². The molecule has 0 aromatic heterocycles. The zero-order valence-corrected chi connectivity index (χ0v) is 20.8. The molecule has 0 radical (unpaired) electrons. The normalized spacial score (nSPS) is 11.4. The van der Waals surface area contributed by atoms with Gasteiger partial charge in [0.15, 0.2) is 6.61 Å². The third kappa shape index (κ3) is 8.04. The van der Waals surface area contributed by atoms with E-state index in [9.17, 15) is 9.59 Å². The molecule has 0 saturated heterocycles. The van der Waals surface area contributed by atoms with Gasteiger partial charge in [0.05, 0.1) is 7.11 Å². The minimum Gasteiger partial charge on any atom is -0.497 e. The summed E-state index contributed by atoms with van der Waals surface area (Å²) in [5, 5.41) is 3.48. The number of benzene rings is 3. The van der Waals surface area contributed by atoms with Crippen LogP contribution >= 0.6 is 11.6 Å². The second-order valence-electron chi connectivity index (χ2n) is 8.12. The lowest BCUT2D eigenvalue weighted by molar-refractivity contribution is -0.142. The molecule has 0 saturated carbocycles. The molecule has 2 amide bonds. The van der Waals surface area contributed by atoms with Crippen molar-refractivity contribution in [2.75, 3.05) is 20.3 Å². The fraction of sp³-hybridized carbons (Fsp3) is 0.286. The lowest BCUT2D eigenvalue weighted by Crippen LogP contribution is -2.51. The Morgan fingerprint density at radius 3 is 2.37 bits per heavy atom. The monoisotopic (exact) mass is 494 g/mol. The van der Waals surface area contributed by atoms with Gasteiger partial charge in [-0.3, -0.25) is 9.59 Å². The van der Waals surface area contributed by atoms with Crippen LogP contribution in [0.5, 0.6) is 11.5 Å². The SMILES string of the molecule is CCCNC(=O)[C@@H](Cc1ccccc1)N(Cc1cccc(OC)c1)C(=O)COc1cccc(Cl)c1. The molecule has 0 bridgehead atoms. The molecule has 1 N–H and O–H groups in total. The van der Waals surface area contributed by atoms with Crippen LogP contribution in [-0.2, 0) is 22.6 Å². The molecule has 6 nitrogen and oxygen atoms in total. The van der Waals surface area contributed by atoms with E-state index in [0.717, 1.165) is 17.5 Å². The topological polar surface area (TPSA) is 67.9 Å². The quantitative estimate of drug-likeness (QED) is 0.389. The number of hydrogen-bond donors (Lipinski definition) is 1. The summed E-state index contributed by atoms with van der Waals surface area (Å²) in [6.45, 7) is 2.53. The van der Waals surface area contributed by atoms with Crippen LogP contribution in [0.3, 0.4) is 0 Å². The van der Waals surface area contributed by atoms with Crippen molar-refractivity contribution in [1.82, 2.24) is 10.2 Å². The smallest absolute Gasteiger partial charge is 0.261 e. The predicted molar refractivity (Wildman–Crippen MR) is 138 cm³/mol. The van der Waals surface area contributed by atoms with Gasteiger partial charge in [-0.1, -0.05) is 67.1 Å². The molecule has 0 aliphatic heterocycles. The van der Waals surface area contributed by atoms with E-state index < -0.39 is 6.04 Å². The Kier molecular flexibility index (Phi) is 9.99. The maximum absolute atomic E-state index is 13.5. The molecule has 184 valence electrons. The van der Waals surface area contributed by atoms with Crippen LogP contribution in [0.2, 0.25) is 5.02 Å². The molecule has 0 fully saturated rings. The van der Waals surface area contributed by atoms with Gasteiger partial charge in [0.2, 0.25) is 5.91 Å². The number of amides is 2. The van der Waals surface area contributed by atoms with E-state index in [1.807, 2.05) is 61.5 Å². The Bertz CT molecular complexity index is 1110. The molecule has 7 heteroatoms. The summed E-state index contributed by atoms with van der Waals surface area (Å²) in [6.07, 6.45) is 1.18. The third-order valence-electron chi connectivity index (χ3n) is 5.47. The summed E-state index contributed by atoms with van der Waals surface area (Å²) >= 11 is 6.05. The van der Waals surface area contributed by atoms with Crippen LogP contribution in [0.15, 0.2) is 78.9 Å². The number of rotatable bonds is 12. The van der Waals surface area contributed by atoms with Crippen molar-refractivity contribution >= 4 is 23.4 Å². The first-order valence-corrected chi connectivity index (χ1v) is 12.0. The zero-order chi connectivity index (χ0) is 25.0. The van der Waals surface area contributed by atoms with Gasteiger partial charge >= 0.3 is 0 Å². The van der Waals surface area contributed by atoms with Crippen molar-refractivity contribution in [2.45, 2.75) is 32.4 Å². The van der Waals surface area contributed by atoms with E-state index in [1.54, 1.807) is 36.3 Å². The third-order valence-corrected chi connectivity index (χ3v) is 5.70. The van der Waals surface area contributed by atoms with E-state index >= 15 is 0 Å². The Morgan fingerprint density at radius 2 is 1.66 bits per heavy atom. The number of hydrogen-bond acceptors (Lipinski definition) is 4. The number of halogens is 1. The first-order valence-electron chi connectivity index (χ1n) is 11.6. The molecule has 0 aliphatic rings. The number of methoxy groups -OCH3 is 1. The maximum atomic E-state index is 13.5. The molecule has 3 rings (SSSR count). The Morgan fingerprint density at radius 1 is 0.943 bits per heavy atom. The minimum absolute atomic E-state index is 0.199. The largest absolute Gasteiger partial charge is 0.497 e. The standard InChI is InChI=1S/C28H31ClN2O4/c1-3-15-30-28(33)26(17-21-9-5-4-6-10-21)31(19-22-11-7-13-24(16-22)34-2)27(32)20-35-25-14-8-12-23(29)18-25/h4-14,16,18,26H,3,15,17,19-20H2,1-2H3,(H,30,33)/t26-/m1/s1. The van der Waals surface area contributed by atoms with Crippen molar-refractivity contribution in [3.05, 3.63) is 95.0 Å². The Labute approximate surface area is 211 Å². The second kappa shape index (κ2) is 13.4. The van der Waals surface area contributed by atoms with Gasteiger partial charge in [-0.25, -0.2) is 0 Å². The Hall–Kier alpha value is -3.51. The van der Waals surface area contributed by atoms with Crippen LogP contribution in [0.25, 0.3) is 0 Å². The second-order valence-corrected chi connectivity index (χ2v) is 8.55. The molecule has 3 aromatic rings. The van der Waals surface area contributed by atoms with Gasteiger partial charge < -0.3 is 19.7 Å². The summed E-state index contributed by atoms with van der Waals surface area (Å²) in [5.74, 6) is 0.664. The highest BCUT2D eigenvalue weighted by atomic mass is 35.5. The van der Waals surface area contributed by atoms with Gasteiger partial charge in [0.1, 0.15) is 17.5 Å². The molecule has 0 aliphatic carbocycles. The van der Waals surface area contributed by atoms with Crippen molar-refractivity contribution in [2.24, 2.45) is 0 Å². The minimum atomic E-state index is -0.717. The van der Waals surface area contributed by atoms with Crippen LogP contribution in [-0.4, -0.2) is 43.0 Å². The lowest BCUT2D eigenvalue weighted by atomic mass is 10.0. The average Bonchev–Trinajstić information content (AvgIpc) is 2.88. The average molecular weight is 495 g/mol. The molecular weight excluding hydrogens is 464 g/mol. The summed E-state index contributed by atoms with van der Waals surface area (Å²) in [5.41, 5.74) is 1.81. The summed E-state index contributed by atoms with van der Waals surface area (Å²) < 4.78 is 11.1. The van der Waals surface area contributed by atoms with Crippen LogP contribution in [0, 0.1) is 0 Å². The first-order chi connectivity index (χ1) is 17.0. The van der Waals surface area contributed by atoms with E-state index in [4.69, 9.17) is 21.1 Å². The van der Waals surface area contributed by atoms with Crippen molar-refractivity contribution < 1.29 is 19.1 Å². The molecule has 0 spiro atoms. The summed E-state index contributed by atoms with van der Waals surface area (Å²) in [4.78, 5) is 28.4. The molecule has 3 aromatic carbocycles. The highest BCUT2D eigenvalue weighted by Crippen LogP contribution is 2.20. The van der Waals surface area contributed by atoms with Crippen LogP contribution in [0.1, 0.15) is 24.5 Å². The first kappa shape index (κ1) is 26.1. The van der Waals surface area contributed by atoms with Gasteiger partial charge in [0, 0.05) is 24.5 Å². The molecule has 1 atom stereocenters. The van der Waals surface area contributed by atoms with E-state index in [0.29, 0.717) is 29.5 Å². The molecular formula is C28H31ClN2O4. The lowest BCUT2D eigenvalue weighted by Gasteiger charge is -2.31. The van der Waals surface area contributed by atoms with E-state index in [2.05, 4.69) is 5.32 Å². The Balaban J connectivity index is 1.90. The zero-order valence-electron chi connectivity index (χ0n) is 20.1. The number of carbonyl (C=O) groups excluding carboxylic acids is 2. The van der Waals surface area contributed by atoms with Crippen LogP contribution < -0.4 is 14.8 Å². The summed E-state index contributed by atoms with van der Waals surface area (Å²) in [6, 6.07) is 23.3. The highest BCUT2D eigenvalue weighted by Gasteiger charge is 2.30. The number of nitrogens with one attached hydrogen (secondary N) is 1. The van der Waals surface area contributed by atoms with E-state index in [-0.39, 0.29) is 25.0 Å². The fourth-order valence-corrected chi connectivity index (χ4v) is 3.85. The molecule has 0 unspecified atom stereocenters. The van der Waals surface area contributed by atoms with Crippen molar-refractivity contribution in [1.29, 1.82) is 0 Å². The predicted octanol–water partition coefficient (Wildman–Crippen LogP) is 4.89. The van der Waals surface area contributed by atoms with Crippen molar-refractivity contribution in [3.63, 3.8) is 0 Å². The number of ether oxygens (including phenoxy) is 2. The summed E-state index contributed by atoms with van der Waals surface area (Å²) in [7, 11) is 1.59. The van der Waals surface area contributed by atoms with Gasteiger partial charge in [-0.2, -0.15) is 0 Å². The van der Waals surface area contributed by atoms with Crippen molar-refractivity contribution in [3.8, 4) is 11.5 Å². The van der Waals surface area contributed by atoms with Gasteiger partial charge in [0.25, 0.3) is 5.91 Å². The molecule has 0 heterocycles. The molecule has 35 heavy (non-hydrogen) atoms. The van der Waals surface area contributed by atoms with Crippen LogP contribution in [0.4, 0.5) is 0 Å². The highest BCUT2D eigenvalue weighted by molar-refractivity contribution is 6.30. The number of nitrogens with zero attached hydrogens (tertiary/aromatic N) is 1. The van der Waals surface area contributed by atoms with E-state index in [1.165, 1.54) is 0 Å². The maximum Gasteiger partial charge on any atom is 0.261 e.